The maximum absolute atomic E-state index is 10.7. The molecule has 1 aliphatic rings. The highest BCUT2D eigenvalue weighted by Crippen LogP contribution is 2.39. The van der Waals surface area contributed by atoms with Crippen LogP contribution in [0.15, 0.2) is 0 Å². The first kappa shape index (κ1) is 18.9. The molecule has 0 amide bonds. The van der Waals surface area contributed by atoms with Crippen molar-refractivity contribution in [1.82, 2.24) is 0 Å². The van der Waals surface area contributed by atoms with E-state index in [1.54, 1.807) is 0 Å². The molecular weight excluding hydrogens is 280 g/mol. The Hall–Kier alpha value is -0.193. The molecule has 3 nitrogen and oxygen atoms in total. The minimum atomic E-state index is -1.78. The minimum Gasteiger partial charge on any atom is -0.411 e. The molecule has 0 bridgehead atoms. The van der Waals surface area contributed by atoms with Crippen molar-refractivity contribution in [3.63, 3.8) is 0 Å². The lowest BCUT2D eigenvalue weighted by Gasteiger charge is -2.41. The van der Waals surface area contributed by atoms with Crippen molar-refractivity contribution < 1.29 is 14.0 Å². The third kappa shape index (κ3) is 5.50. The van der Waals surface area contributed by atoms with Crippen LogP contribution in [0, 0.1) is 0 Å². The van der Waals surface area contributed by atoms with Gasteiger partial charge >= 0.3 is 0 Å². The lowest BCUT2D eigenvalue weighted by molar-refractivity contribution is -0.111. The topological polar surface area (TPSA) is 35.5 Å². The van der Waals surface area contributed by atoms with Crippen LogP contribution in [0.4, 0.5) is 0 Å². The normalized spacial score (nSPS) is 25.0. The van der Waals surface area contributed by atoms with E-state index in [0.29, 0.717) is 6.42 Å². The first-order valence-corrected chi connectivity index (χ1v) is 11.4. The van der Waals surface area contributed by atoms with Gasteiger partial charge in [-0.05, 0) is 37.4 Å². The van der Waals surface area contributed by atoms with Gasteiger partial charge in [0.1, 0.15) is 6.29 Å². The molecule has 0 spiro atoms. The van der Waals surface area contributed by atoms with Crippen molar-refractivity contribution in [2.75, 3.05) is 0 Å². The number of carbonyl (C=O) groups excluding carboxylic acids is 1. The summed E-state index contributed by atoms with van der Waals surface area (Å²) in [6.45, 7) is 13.7. The van der Waals surface area contributed by atoms with Crippen LogP contribution in [0.25, 0.3) is 0 Å². The Morgan fingerprint density at radius 1 is 1.33 bits per heavy atom. The summed E-state index contributed by atoms with van der Waals surface area (Å²) in [6.07, 6.45) is 7.44. The number of ether oxygens (including phenoxy) is 1. The average Bonchev–Trinajstić information content (AvgIpc) is 2.82. The van der Waals surface area contributed by atoms with Gasteiger partial charge in [0, 0.05) is 6.42 Å². The highest BCUT2D eigenvalue weighted by Gasteiger charge is 2.42. The van der Waals surface area contributed by atoms with Crippen LogP contribution in [0.5, 0.6) is 0 Å². The summed E-state index contributed by atoms with van der Waals surface area (Å²) >= 11 is 0. The molecule has 0 unspecified atom stereocenters. The van der Waals surface area contributed by atoms with E-state index in [-0.39, 0.29) is 23.4 Å². The molecule has 0 aromatic carbocycles. The van der Waals surface area contributed by atoms with Gasteiger partial charge in [-0.1, -0.05) is 40.5 Å². The van der Waals surface area contributed by atoms with Crippen molar-refractivity contribution >= 4 is 14.6 Å². The first-order valence-electron chi connectivity index (χ1n) is 8.48. The molecule has 0 radical (unpaired) electrons. The number of rotatable bonds is 8. The highest BCUT2D eigenvalue weighted by molar-refractivity contribution is 6.74. The van der Waals surface area contributed by atoms with E-state index in [1.165, 1.54) is 12.8 Å². The van der Waals surface area contributed by atoms with Gasteiger partial charge < -0.3 is 14.0 Å². The first-order chi connectivity index (χ1) is 9.71. The quantitative estimate of drug-likeness (QED) is 0.481. The maximum Gasteiger partial charge on any atom is 0.192 e. The Morgan fingerprint density at radius 3 is 2.52 bits per heavy atom. The Morgan fingerprint density at radius 2 is 2.00 bits per heavy atom. The van der Waals surface area contributed by atoms with Gasteiger partial charge in [0.15, 0.2) is 8.32 Å². The summed E-state index contributed by atoms with van der Waals surface area (Å²) in [5, 5.41) is 0.221. The van der Waals surface area contributed by atoms with Crippen molar-refractivity contribution in [3.8, 4) is 0 Å². The number of aldehydes is 1. The third-order valence-corrected chi connectivity index (χ3v) is 9.51. The molecule has 1 heterocycles. The van der Waals surface area contributed by atoms with E-state index in [4.69, 9.17) is 9.16 Å². The van der Waals surface area contributed by atoms with Crippen LogP contribution >= 0.6 is 0 Å². The van der Waals surface area contributed by atoms with Crippen molar-refractivity contribution in [2.24, 2.45) is 0 Å². The van der Waals surface area contributed by atoms with Gasteiger partial charge in [0.2, 0.25) is 0 Å². The van der Waals surface area contributed by atoms with Crippen LogP contribution < -0.4 is 0 Å². The van der Waals surface area contributed by atoms with E-state index in [2.05, 4.69) is 40.8 Å². The van der Waals surface area contributed by atoms with Crippen LogP contribution in [-0.2, 0) is 14.0 Å². The molecule has 1 rings (SSSR count). The predicted molar refractivity (Wildman–Crippen MR) is 90.2 cm³/mol. The molecule has 1 fully saturated rings. The highest BCUT2D eigenvalue weighted by atomic mass is 28.4. The Bertz CT molecular complexity index is 322. The molecule has 0 aromatic heterocycles. The summed E-state index contributed by atoms with van der Waals surface area (Å²) in [5.74, 6) is 0. The second-order valence-corrected chi connectivity index (χ2v) is 12.6. The molecule has 1 saturated heterocycles. The molecule has 4 heteroatoms. The van der Waals surface area contributed by atoms with Gasteiger partial charge in [0.25, 0.3) is 0 Å². The fourth-order valence-electron chi connectivity index (χ4n) is 2.57. The van der Waals surface area contributed by atoms with Gasteiger partial charge in [-0.15, -0.1) is 0 Å². The lowest BCUT2D eigenvalue weighted by Crippen LogP contribution is -2.47. The molecule has 0 N–H and O–H groups in total. The summed E-state index contributed by atoms with van der Waals surface area (Å²) in [5.41, 5.74) is 0. The summed E-state index contributed by atoms with van der Waals surface area (Å²) in [7, 11) is -1.78. The standard InChI is InChI=1S/C17H34O3Si/c1-7-8-9-16(20-21(5,6)17(2,3)4)15-11-10-14(19-15)12-13-18/h13-16H,7-12H2,1-6H3/t14-,15-,16-/m0/s1. The number of unbranched alkanes of at least 4 members (excludes halogenated alkanes) is 1. The molecule has 124 valence electrons. The minimum absolute atomic E-state index is 0.111. The van der Waals surface area contributed by atoms with E-state index in [9.17, 15) is 4.79 Å². The Labute approximate surface area is 131 Å². The molecule has 0 saturated carbocycles. The zero-order chi connectivity index (χ0) is 16.1. The van der Waals surface area contributed by atoms with Gasteiger partial charge in [-0.3, -0.25) is 0 Å². The third-order valence-electron chi connectivity index (χ3n) is 5.01. The van der Waals surface area contributed by atoms with Crippen molar-refractivity contribution in [1.29, 1.82) is 0 Å². The predicted octanol–water partition coefficient (Wildman–Crippen LogP) is 4.70. The summed E-state index contributed by atoms with van der Waals surface area (Å²) in [6, 6.07) is 0. The lowest BCUT2D eigenvalue weighted by atomic mass is 10.0. The summed E-state index contributed by atoms with van der Waals surface area (Å²) in [4.78, 5) is 10.7. The number of hydrogen-bond acceptors (Lipinski definition) is 3. The number of hydrogen-bond donors (Lipinski definition) is 0. The second-order valence-electron chi connectivity index (χ2n) is 7.84. The maximum atomic E-state index is 10.7. The molecular formula is C17H34O3Si. The molecule has 21 heavy (non-hydrogen) atoms. The molecule has 0 aromatic rings. The van der Waals surface area contributed by atoms with Crippen molar-refractivity contribution in [2.45, 2.75) is 103 Å². The monoisotopic (exact) mass is 314 g/mol. The largest absolute Gasteiger partial charge is 0.411 e. The van der Waals surface area contributed by atoms with E-state index in [1.807, 2.05) is 0 Å². The second kappa shape index (κ2) is 7.89. The number of carbonyl (C=O) groups is 1. The van der Waals surface area contributed by atoms with Gasteiger partial charge in [-0.25, -0.2) is 0 Å². The Balaban J connectivity index is 2.70. The van der Waals surface area contributed by atoms with Crippen LogP contribution in [0.3, 0.4) is 0 Å². The van der Waals surface area contributed by atoms with Crippen LogP contribution in [0.1, 0.15) is 66.2 Å². The Kier molecular flexibility index (Phi) is 7.08. The van der Waals surface area contributed by atoms with Gasteiger partial charge in [-0.2, -0.15) is 0 Å². The van der Waals surface area contributed by atoms with E-state index >= 15 is 0 Å². The van der Waals surface area contributed by atoms with E-state index in [0.717, 1.165) is 25.5 Å². The fourth-order valence-corrected chi connectivity index (χ4v) is 3.95. The van der Waals surface area contributed by atoms with Crippen LogP contribution in [-0.4, -0.2) is 32.9 Å². The SMILES string of the molecule is CCCC[C@H](O[Si](C)(C)C(C)(C)C)[C@@H]1CC[C@@H](CC=O)O1. The van der Waals surface area contributed by atoms with Crippen LogP contribution in [0.2, 0.25) is 18.1 Å². The van der Waals surface area contributed by atoms with Gasteiger partial charge in [0.05, 0.1) is 18.3 Å². The molecule has 3 atom stereocenters. The van der Waals surface area contributed by atoms with Crippen molar-refractivity contribution in [3.05, 3.63) is 0 Å². The average molecular weight is 315 g/mol. The zero-order valence-electron chi connectivity index (χ0n) is 14.8. The summed E-state index contributed by atoms with van der Waals surface area (Å²) < 4.78 is 12.7. The fraction of sp³-hybridized carbons (Fsp3) is 0.941. The zero-order valence-corrected chi connectivity index (χ0v) is 15.8. The molecule has 1 aliphatic heterocycles. The van der Waals surface area contributed by atoms with E-state index < -0.39 is 8.32 Å². The smallest absolute Gasteiger partial charge is 0.192 e. The molecule has 0 aliphatic carbocycles.